The highest BCUT2D eigenvalue weighted by molar-refractivity contribution is 5.72. The molecule has 2 N–H and O–H groups in total. The van der Waals surface area contributed by atoms with E-state index in [9.17, 15) is 23.1 Å². The van der Waals surface area contributed by atoms with Crippen molar-refractivity contribution in [3.05, 3.63) is 0 Å². The van der Waals surface area contributed by atoms with E-state index in [2.05, 4.69) is 0 Å². The number of aliphatic hydroxyl groups is 1. The number of alkyl halides is 3. The highest BCUT2D eigenvalue weighted by Gasteiger charge is 2.54. The molecule has 0 saturated carbocycles. The van der Waals surface area contributed by atoms with Gasteiger partial charge in [0.25, 0.3) is 0 Å². The Kier molecular flexibility index (Phi) is 3.49. The first kappa shape index (κ1) is 13.2. The molecule has 1 unspecified atom stereocenters. The molecule has 1 heterocycles. The van der Waals surface area contributed by atoms with Crippen LogP contribution in [0.4, 0.5) is 13.2 Å². The van der Waals surface area contributed by atoms with Crippen LogP contribution in [0.1, 0.15) is 19.8 Å². The van der Waals surface area contributed by atoms with Gasteiger partial charge in [0.15, 0.2) is 5.60 Å². The van der Waals surface area contributed by atoms with Crippen LogP contribution < -0.4 is 0 Å². The monoisotopic (exact) mass is 241 g/mol. The van der Waals surface area contributed by atoms with Crippen molar-refractivity contribution >= 4 is 5.97 Å². The molecule has 1 rings (SSSR count). The van der Waals surface area contributed by atoms with E-state index in [4.69, 9.17) is 5.11 Å². The number of likely N-dealkylation sites (tertiary alicyclic amines) is 1. The van der Waals surface area contributed by atoms with Crippen LogP contribution in [0.5, 0.6) is 0 Å². The van der Waals surface area contributed by atoms with E-state index in [-0.39, 0.29) is 13.1 Å². The minimum absolute atomic E-state index is 0.0660. The van der Waals surface area contributed by atoms with Gasteiger partial charge in [-0.1, -0.05) is 0 Å². The molecule has 0 radical (unpaired) electrons. The Morgan fingerprint density at radius 2 is 1.81 bits per heavy atom. The summed E-state index contributed by atoms with van der Waals surface area (Å²) in [6.45, 7) is 1.28. The van der Waals surface area contributed by atoms with Gasteiger partial charge in [-0.25, -0.2) is 0 Å². The van der Waals surface area contributed by atoms with Gasteiger partial charge >= 0.3 is 12.1 Å². The van der Waals surface area contributed by atoms with Crippen LogP contribution in [-0.4, -0.2) is 52.0 Å². The summed E-state index contributed by atoms with van der Waals surface area (Å²) in [5.41, 5.74) is -2.66. The van der Waals surface area contributed by atoms with E-state index >= 15 is 0 Å². The lowest BCUT2D eigenvalue weighted by molar-refractivity contribution is -0.273. The molecule has 16 heavy (non-hydrogen) atoms. The summed E-state index contributed by atoms with van der Waals surface area (Å²) >= 11 is 0. The molecule has 1 atom stereocenters. The second-order valence-electron chi connectivity index (χ2n) is 4.08. The maximum Gasteiger partial charge on any atom is 0.417 e. The van der Waals surface area contributed by atoms with Gasteiger partial charge in [0, 0.05) is 13.1 Å². The lowest BCUT2D eigenvalue weighted by Gasteiger charge is -2.40. The van der Waals surface area contributed by atoms with Crippen LogP contribution >= 0.6 is 0 Å². The predicted molar refractivity (Wildman–Crippen MR) is 48.9 cm³/mol. The fraction of sp³-hybridized carbons (Fsp3) is 0.889. The molecular weight excluding hydrogens is 227 g/mol. The largest absolute Gasteiger partial charge is 0.480 e. The number of carboxylic acids is 1. The second-order valence-corrected chi connectivity index (χ2v) is 4.08. The number of nitrogens with zero attached hydrogens (tertiary/aromatic N) is 1. The number of piperidine rings is 1. The molecule has 0 aliphatic carbocycles. The van der Waals surface area contributed by atoms with Crippen molar-refractivity contribution in [2.45, 2.75) is 37.6 Å². The van der Waals surface area contributed by atoms with Crippen molar-refractivity contribution in [1.82, 2.24) is 4.90 Å². The maximum atomic E-state index is 12.4. The van der Waals surface area contributed by atoms with Crippen molar-refractivity contribution in [1.29, 1.82) is 0 Å². The Balaban J connectivity index is 2.61. The molecule has 0 aromatic rings. The van der Waals surface area contributed by atoms with Crippen LogP contribution in [-0.2, 0) is 4.79 Å². The number of rotatable bonds is 2. The van der Waals surface area contributed by atoms with E-state index in [1.54, 1.807) is 0 Å². The molecule has 1 aliphatic heterocycles. The Morgan fingerprint density at radius 3 is 2.12 bits per heavy atom. The minimum atomic E-state index is -4.65. The Hall–Kier alpha value is -0.820. The highest BCUT2D eigenvalue weighted by Crippen LogP contribution is 2.38. The number of carbonyl (C=O) groups is 1. The first-order valence-electron chi connectivity index (χ1n) is 4.93. The standard InChI is InChI=1S/C9H14F3NO3/c1-6(7(14)15)13-4-2-8(16,3-5-13)9(10,11)12/h6,16H,2-5H2,1H3,(H,14,15). The number of hydrogen-bond donors (Lipinski definition) is 2. The van der Waals surface area contributed by atoms with Gasteiger partial charge in [0.05, 0.1) is 0 Å². The number of aliphatic carboxylic acids is 1. The van der Waals surface area contributed by atoms with E-state index in [1.165, 1.54) is 11.8 Å². The van der Waals surface area contributed by atoms with Crippen LogP contribution in [0.15, 0.2) is 0 Å². The molecule has 0 spiro atoms. The molecule has 4 nitrogen and oxygen atoms in total. The van der Waals surface area contributed by atoms with Crippen molar-refractivity contribution < 1.29 is 28.2 Å². The summed E-state index contributed by atoms with van der Waals surface area (Å²) in [6, 6.07) is -0.821. The van der Waals surface area contributed by atoms with Gasteiger partial charge < -0.3 is 10.2 Å². The highest BCUT2D eigenvalue weighted by atomic mass is 19.4. The quantitative estimate of drug-likeness (QED) is 0.752. The molecule has 0 aromatic heterocycles. The first-order valence-corrected chi connectivity index (χ1v) is 4.93. The fourth-order valence-corrected chi connectivity index (χ4v) is 1.72. The van der Waals surface area contributed by atoms with Gasteiger partial charge in [-0.2, -0.15) is 13.2 Å². The molecule has 1 aliphatic rings. The van der Waals surface area contributed by atoms with Crippen LogP contribution in [0.25, 0.3) is 0 Å². The van der Waals surface area contributed by atoms with Gasteiger partial charge in [-0.3, -0.25) is 9.69 Å². The fourth-order valence-electron chi connectivity index (χ4n) is 1.72. The molecule has 0 bridgehead atoms. The molecule has 0 amide bonds. The summed E-state index contributed by atoms with van der Waals surface area (Å²) < 4.78 is 37.3. The van der Waals surface area contributed by atoms with Crippen molar-refractivity contribution in [2.75, 3.05) is 13.1 Å². The van der Waals surface area contributed by atoms with Gasteiger partial charge in [-0.05, 0) is 19.8 Å². The van der Waals surface area contributed by atoms with Crippen LogP contribution in [0, 0.1) is 0 Å². The second kappa shape index (κ2) is 4.21. The molecule has 1 saturated heterocycles. The molecular formula is C9H14F3NO3. The van der Waals surface area contributed by atoms with Crippen molar-refractivity contribution in [3.8, 4) is 0 Å². The number of carboxylic acid groups (broad SMARTS) is 1. The van der Waals surface area contributed by atoms with E-state index in [1.807, 2.05) is 0 Å². The molecule has 7 heteroatoms. The van der Waals surface area contributed by atoms with Crippen LogP contribution in [0.3, 0.4) is 0 Å². The van der Waals surface area contributed by atoms with E-state index in [0.29, 0.717) is 0 Å². The van der Waals surface area contributed by atoms with Gasteiger partial charge in [-0.15, -0.1) is 0 Å². The normalized spacial score (nSPS) is 24.1. The van der Waals surface area contributed by atoms with Crippen LogP contribution in [0.2, 0.25) is 0 Å². The van der Waals surface area contributed by atoms with E-state index < -0.39 is 36.6 Å². The summed E-state index contributed by atoms with van der Waals surface area (Å²) in [4.78, 5) is 12.0. The molecule has 94 valence electrons. The zero-order valence-corrected chi connectivity index (χ0v) is 8.79. The average Bonchev–Trinajstić information content (AvgIpc) is 2.16. The molecule has 1 fully saturated rings. The Bertz CT molecular complexity index is 272. The summed E-state index contributed by atoms with van der Waals surface area (Å²) in [5, 5.41) is 18.0. The lowest BCUT2D eigenvalue weighted by Crippen LogP contribution is -2.55. The number of hydrogen-bond acceptors (Lipinski definition) is 3. The Morgan fingerprint density at radius 1 is 1.38 bits per heavy atom. The lowest BCUT2D eigenvalue weighted by atomic mass is 9.90. The summed E-state index contributed by atoms with van der Waals surface area (Å²) in [7, 11) is 0. The first-order chi connectivity index (χ1) is 7.17. The third-order valence-corrected chi connectivity index (χ3v) is 3.06. The summed E-state index contributed by atoms with van der Waals surface area (Å²) in [6.07, 6.45) is -5.60. The summed E-state index contributed by atoms with van der Waals surface area (Å²) in [5.74, 6) is -1.07. The third kappa shape index (κ3) is 2.46. The SMILES string of the molecule is CC(C(=O)O)N1CCC(O)(C(F)(F)F)CC1. The minimum Gasteiger partial charge on any atom is -0.480 e. The maximum absolute atomic E-state index is 12.4. The average molecular weight is 241 g/mol. The van der Waals surface area contributed by atoms with E-state index in [0.717, 1.165) is 0 Å². The third-order valence-electron chi connectivity index (χ3n) is 3.06. The topological polar surface area (TPSA) is 60.8 Å². The van der Waals surface area contributed by atoms with Crippen molar-refractivity contribution in [3.63, 3.8) is 0 Å². The zero-order valence-electron chi connectivity index (χ0n) is 8.79. The zero-order chi connectivity index (χ0) is 12.6. The van der Waals surface area contributed by atoms with Crippen molar-refractivity contribution in [2.24, 2.45) is 0 Å². The van der Waals surface area contributed by atoms with Gasteiger partial charge in [0.1, 0.15) is 6.04 Å². The Labute approximate surface area is 90.7 Å². The smallest absolute Gasteiger partial charge is 0.417 e. The predicted octanol–water partition coefficient (Wildman–Crippen LogP) is 0.849. The number of halogens is 3. The van der Waals surface area contributed by atoms with Gasteiger partial charge in [0.2, 0.25) is 0 Å². The molecule has 0 aromatic carbocycles.